The molecule has 2 N–H and O–H groups in total. The van der Waals surface area contributed by atoms with Crippen molar-refractivity contribution in [2.45, 2.75) is 116 Å². The molecule has 0 unspecified atom stereocenters. The van der Waals surface area contributed by atoms with Crippen LogP contribution in [0, 0.1) is 5.92 Å². The Labute approximate surface area is 161 Å². The van der Waals surface area contributed by atoms with E-state index >= 15 is 0 Å². The van der Waals surface area contributed by atoms with Gasteiger partial charge in [-0.05, 0) is 12.3 Å². The number of carbonyl (C=O) groups excluding carboxylic acids is 1. The molecule has 0 bridgehead atoms. The molecule has 0 aromatic carbocycles. The van der Waals surface area contributed by atoms with Crippen LogP contribution < -0.4 is 0 Å². The normalized spacial score (nSPS) is 12.5. The smallest absolute Gasteiger partial charge is 0.305 e. The summed E-state index contributed by atoms with van der Waals surface area (Å²) in [5, 5.41) is 17.7. The Bertz CT molecular complexity index is 305. The molecule has 0 aliphatic carbocycles. The fraction of sp³-hybridized carbons (Fsp3) is 0.955. The average molecular weight is 373 g/mol. The topological polar surface area (TPSA) is 66.8 Å². The van der Waals surface area contributed by atoms with Crippen molar-refractivity contribution in [2.75, 3.05) is 13.2 Å². The first-order valence-corrected chi connectivity index (χ1v) is 11.0. The summed E-state index contributed by atoms with van der Waals surface area (Å²) in [6.07, 6.45) is 17.6. The second kappa shape index (κ2) is 19.2. The summed E-state index contributed by atoms with van der Waals surface area (Å²) in [5.41, 5.74) is 0. The Morgan fingerprint density at radius 2 is 1.19 bits per heavy atom. The van der Waals surface area contributed by atoms with Gasteiger partial charge in [-0.2, -0.15) is 0 Å². The Kier molecular flexibility index (Phi) is 18.7. The number of aliphatic hydroxyl groups is 2. The van der Waals surface area contributed by atoms with Crippen molar-refractivity contribution in [3.05, 3.63) is 0 Å². The summed E-state index contributed by atoms with van der Waals surface area (Å²) in [7, 11) is 0. The lowest BCUT2D eigenvalue weighted by Crippen LogP contribution is -2.21. The molecule has 0 radical (unpaired) electrons. The number of carbonyl (C=O) groups is 1. The van der Waals surface area contributed by atoms with Gasteiger partial charge in [-0.3, -0.25) is 4.79 Å². The van der Waals surface area contributed by atoms with Gasteiger partial charge in [-0.15, -0.1) is 0 Å². The molecular formula is C22H44O4. The summed E-state index contributed by atoms with van der Waals surface area (Å²) >= 11 is 0. The van der Waals surface area contributed by atoms with Crippen molar-refractivity contribution in [3.8, 4) is 0 Å². The van der Waals surface area contributed by atoms with Crippen LogP contribution in [0.3, 0.4) is 0 Å². The van der Waals surface area contributed by atoms with Gasteiger partial charge in [0, 0.05) is 6.42 Å². The first kappa shape index (κ1) is 25.4. The number of aliphatic hydroxyl groups excluding tert-OH is 2. The number of hydrogen-bond donors (Lipinski definition) is 2. The van der Waals surface area contributed by atoms with Gasteiger partial charge in [-0.1, -0.05) is 97.3 Å². The van der Waals surface area contributed by atoms with Gasteiger partial charge in [0.2, 0.25) is 0 Å². The summed E-state index contributed by atoms with van der Waals surface area (Å²) in [6.45, 7) is 4.14. The molecular weight excluding hydrogens is 328 g/mol. The van der Waals surface area contributed by atoms with E-state index in [1.165, 1.54) is 77.0 Å². The van der Waals surface area contributed by atoms with Gasteiger partial charge in [0.1, 0.15) is 12.7 Å². The van der Waals surface area contributed by atoms with E-state index in [9.17, 15) is 4.79 Å². The fourth-order valence-electron chi connectivity index (χ4n) is 3.08. The van der Waals surface area contributed by atoms with Gasteiger partial charge in [0.25, 0.3) is 0 Å². The molecule has 4 nitrogen and oxygen atoms in total. The third-order valence-corrected chi connectivity index (χ3v) is 4.81. The third-order valence-electron chi connectivity index (χ3n) is 4.81. The van der Waals surface area contributed by atoms with E-state index in [1.807, 2.05) is 0 Å². The number of unbranched alkanes of at least 4 members (excludes halogenated alkanes) is 12. The monoisotopic (exact) mass is 372 g/mol. The number of esters is 1. The minimum Gasteiger partial charge on any atom is -0.463 e. The second-order valence-corrected chi connectivity index (χ2v) is 8.05. The van der Waals surface area contributed by atoms with Crippen LogP contribution in [0.15, 0.2) is 0 Å². The van der Waals surface area contributed by atoms with E-state index in [2.05, 4.69) is 13.8 Å². The highest BCUT2D eigenvalue weighted by atomic mass is 16.5. The van der Waals surface area contributed by atoms with Crippen LogP contribution in [0.25, 0.3) is 0 Å². The van der Waals surface area contributed by atoms with Crippen LogP contribution in [0.1, 0.15) is 110 Å². The highest BCUT2D eigenvalue weighted by Crippen LogP contribution is 2.14. The Morgan fingerprint density at radius 1 is 0.769 bits per heavy atom. The predicted molar refractivity (Wildman–Crippen MR) is 108 cm³/mol. The van der Waals surface area contributed by atoms with Gasteiger partial charge in [0.15, 0.2) is 0 Å². The SMILES string of the molecule is CC(C)CCCCCCCCCCCCCCCC(=O)OC[C@@H](O)CO. The maximum absolute atomic E-state index is 11.4. The number of hydrogen-bond acceptors (Lipinski definition) is 4. The Balaban J connectivity index is 3.14. The summed E-state index contributed by atoms with van der Waals surface area (Å²) in [5.74, 6) is 0.580. The van der Waals surface area contributed by atoms with Crippen molar-refractivity contribution in [3.63, 3.8) is 0 Å². The zero-order valence-corrected chi connectivity index (χ0v) is 17.4. The average Bonchev–Trinajstić information content (AvgIpc) is 2.62. The quantitative estimate of drug-likeness (QED) is 0.236. The molecule has 156 valence electrons. The van der Waals surface area contributed by atoms with Crippen LogP contribution in [0.5, 0.6) is 0 Å². The molecule has 0 aromatic rings. The van der Waals surface area contributed by atoms with E-state index in [0.29, 0.717) is 6.42 Å². The standard InChI is InChI=1S/C22H44O4/c1-20(2)16-14-12-10-8-6-4-3-5-7-9-11-13-15-17-22(25)26-19-21(24)18-23/h20-21,23-24H,3-19H2,1-2H3/t21-/m0/s1. The predicted octanol–water partition coefficient (Wildman–Crippen LogP) is 5.39. The number of rotatable bonds is 19. The molecule has 4 heteroatoms. The molecule has 0 aromatic heterocycles. The fourth-order valence-corrected chi connectivity index (χ4v) is 3.08. The molecule has 0 saturated carbocycles. The molecule has 0 amide bonds. The molecule has 1 atom stereocenters. The summed E-state index contributed by atoms with van der Waals surface area (Å²) in [4.78, 5) is 11.4. The summed E-state index contributed by atoms with van der Waals surface area (Å²) < 4.78 is 4.87. The van der Waals surface area contributed by atoms with E-state index in [0.717, 1.165) is 18.8 Å². The first-order chi connectivity index (χ1) is 12.6. The molecule has 0 heterocycles. The van der Waals surface area contributed by atoms with Crippen molar-refractivity contribution in [1.82, 2.24) is 0 Å². The first-order valence-electron chi connectivity index (χ1n) is 11.0. The lowest BCUT2D eigenvalue weighted by Gasteiger charge is -2.08. The third kappa shape index (κ3) is 19.7. The van der Waals surface area contributed by atoms with Crippen LogP contribution in [-0.2, 0) is 9.53 Å². The van der Waals surface area contributed by atoms with Crippen LogP contribution in [0.4, 0.5) is 0 Å². The zero-order valence-electron chi connectivity index (χ0n) is 17.4. The van der Waals surface area contributed by atoms with Gasteiger partial charge in [0.05, 0.1) is 6.61 Å². The number of ether oxygens (including phenoxy) is 1. The van der Waals surface area contributed by atoms with Crippen LogP contribution >= 0.6 is 0 Å². The molecule has 0 fully saturated rings. The van der Waals surface area contributed by atoms with Crippen molar-refractivity contribution in [1.29, 1.82) is 0 Å². The largest absolute Gasteiger partial charge is 0.463 e. The van der Waals surface area contributed by atoms with E-state index in [1.54, 1.807) is 0 Å². The van der Waals surface area contributed by atoms with Crippen molar-refractivity contribution < 1.29 is 19.7 Å². The highest BCUT2D eigenvalue weighted by molar-refractivity contribution is 5.69. The molecule has 0 aliphatic rings. The second-order valence-electron chi connectivity index (χ2n) is 8.05. The summed E-state index contributed by atoms with van der Waals surface area (Å²) in [6, 6.07) is 0. The van der Waals surface area contributed by atoms with E-state index in [4.69, 9.17) is 14.9 Å². The van der Waals surface area contributed by atoms with Crippen LogP contribution in [0.2, 0.25) is 0 Å². The zero-order chi connectivity index (χ0) is 19.5. The Hall–Kier alpha value is -0.610. The molecule has 0 rings (SSSR count). The van der Waals surface area contributed by atoms with Crippen LogP contribution in [-0.4, -0.2) is 35.5 Å². The molecule has 0 aliphatic heterocycles. The Morgan fingerprint density at radius 3 is 1.62 bits per heavy atom. The molecule has 0 saturated heterocycles. The maximum atomic E-state index is 11.4. The van der Waals surface area contributed by atoms with Gasteiger partial charge < -0.3 is 14.9 Å². The minimum absolute atomic E-state index is 0.104. The lowest BCUT2D eigenvalue weighted by atomic mass is 10.0. The highest BCUT2D eigenvalue weighted by Gasteiger charge is 2.07. The minimum atomic E-state index is -0.955. The lowest BCUT2D eigenvalue weighted by molar-refractivity contribution is -0.147. The van der Waals surface area contributed by atoms with Crippen molar-refractivity contribution >= 4 is 5.97 Å². The van der Waals surface area contributed by atoms with E-state index in [-0.39, 0.29) is 19.2 Å². The molecule has 26 heavy (non-hydrogen) atoms. The van der Waals surface area contributed by atoms with Gasteiger partial charge in [-0.25, -0.2) is 0 Å². The van der Waals surface area contributed by atoms with E-state index < -0.39 is 6.10 Å². The molecule has 0 spiro atoms. The maximum Gasteiger partial charge on any atom is 0.305 e. The van der Waals surface area contributed by atoms with Crippen molar-refractivity contribution in [2.24, 2.45) is 5.92 Å². The van der Waals surface area contributed by atoms with Gasteiger partial charge >= 0.3 is 5.97 Å².